The second-order valence-corrected chi connectivity index (χ2v) is 10.4. The van der Waals surface area contributed by atoms with Crippen LogP contribution in [0.1, 0.15) is 37.0 Å². The lowest BCUT2D eigenvalue weighted by Gasteiger charge is -2.27. The Hall–Kier alpha value is -3.52. The molecule has 0 spiro atoms. The van der Waals surface area contributed by atoms with Gasteiger partial charge in [0, 0.05) is 48.9 Å². The number of halogens is 2. The number of carbonyl (C=O) groups is 2. The van der Waals surface area contributed by atoms with E-state index in [4.69, 9.17) is 11.6 Å². The molecule has 7 nitrogen and oxygen atoms in total. The van der Waals surface area contributed by atoms with Gasteiger partial charge in [0.05, 0.1) is 5.69 Å². The van der Waals surface area contributed by atoms with Gasteiger partial charge in [-0.15, -0.1) is 10.2 Å². The van der Waals surface area contributed by atoms with E-state index < -0.39 is 0 Å². The number of hydrogen-bond donors (Lipinski definition) is 0. The third-order valence-electron chi connectivity index (χ3n) is 6.64. The molecular formula is C29H33ClFN5O2. The lowest BCUT2D eigenvalue weighted by molar-refractivity contribution is -0.131. The van der Waals surface area contributed by atoms with E-state index >= 15 is 0 Å². The summed E-state index contributed by atoms with van der Waals surface area (Å²) in [6.07, 6.45) is 1.59. The molecule has 4 rings (SSSR count). The maximum Gasteiger partial charge on any atom is 0.254 e. The van der Waals surface area contributed by atoms with E-state index in [0.717, 1.165) is 30.8 Å². The molecule has 2 amide bonds. The zero-order valence-electron chi connectivity index (χ0n) is 21.8. The van der Waals surface area contributed by atoms with Gasteiger partial charge < -0.3 is 14.7 Å². The first-order valence-electron chi connectivity index (χ1n) is 13.0. The van der Waals surface area contributed by atoms with Crippen molar-refractivity contribution in [2.45, 2.75) is 26.7 Å². The Balaban J connectivity index is 1.38. The average molecular weight is 538 g/mol. The number of hydrogen-bond acceptors (Lipinski definition) is 5. The third-order valence-corrected chi connectivity index (χ3v) is 6.90. The molecule has 0 aliphatic carbocycles. The van der Waals surface area contributed by atoms with E-state index in [9.17, 15) is 14.0 Å². The molecule has 1 aliphatic heterocycles. The Morgan fingerprint density at radius 3 is 2.34 bits per heavy atom. The predicted octanol–water partition coefficient (Wildman–Crippen LogP) is 5.16. The number of amides is 2. The highest BCUT2D eigenvalue weighted by Crippen LogP contribution is 2.20. The van der Waals surface area contributed by atoms with Crippen LogP contribution in [0.15, 0.2) is 60.7 Å². The number of carbonyl (C=O) groups excluding carboxylic acids is 2. The summed E-state index contributed by atoms with van der Waals surface area (Å²) in [5, 5.41) is 9.27. The first kappa shape index (κ1) is 27.5. The molecule has 1 fully saturated rings. The fourth-order valence-electron chi connectivity index (χ4n) is 4.37. The van der Waals surface area contributed by atoms with E-state index in [1.807, 2.05) is 17.0 Å². The molecule has 1 aromatic heterocycles. The molecule has 0 radical (unpaired) electrons. The van der Waals surface area contributed by atoms with Crippen LogP contribution in [-0.2, 0) is 4.79 Å². The summed E-state index contributed by atoms with van der Waals surface area (Å²) < 4.78 is 13.2. The predicted molar refractivity (Wildman–Crippen MR) is 148 cm³/mol. The Morgan fingerprint density at radius 1 is 0.947 bits per heavy atom. The molecule has 1 aliphatic rings. The van der Waals surface area contributed by atoms with Crippen LogP contribution in [-0.4, -0.2) is 71.1 Å². The van der Waals surface area contributed by atoms with Crippen molar-refractivity contribution in [3.63, 3.8) is 0 Å². The summed E-state index contributed by atoms with van der Waals surface area (Å²) in [6.45, 7) is 7.27. The van der Waals surface area contributed by atoms with E-state index in [-0.39, 0.29) is 24.2 Å². The summed E-state index contributed by atoms with van der Waals surface area (Å²) in [4.78, 5) is 32.1. The van der Waals surface area contributed by atoms with Crippen molar-refractivity contribution in [3.05, 3.63) is 77.1 Å². The minimum atomic E-state index is -0.292. The quantitative estimate of drug-likeness (QED) is 0.397. The molecule has 1 saturated heterocycles. The molecule has 9 heteroatoms. The Bertz CT molecular complexity index is 1220. The molecule has 0 bridgehead atoms. The lowest BCUT2D eigenvalue weighted by Crippen LogP contribution is -2.44. The summed E-state index contributed by atoms with van der Waals surface area (Å²) in [5.74, 6) is 0.633. The molecule has 3 aromatic rings. The maximum atomic E-state index is 13.3. The molecule has 0 unspecified atom stereocenters. The topological polar surface area (TPSA) is 69.6 Å². The average Bonchev–Trinajstić information content (AvgIpc) is 3.18. The largest absolute Gasteiger partial charge is 0.353 e. The molecule has 0 N–H and O–H groups in total. The van der Waals surface area contributed by atoms with E-state index in [2.05, 4.69) is 28.9 Å². The van der Waals surface area contributed by atoms with E-state index in [1.54, 1.807) is 41.3 Å². The van der Waals surface area contributed by atoms with Crippen LogP contribution in [0.2, 0.25) is 5.02 Å². The van der Waals surface area contributed by atoms with Crippen molar-refractivity contribution in [1.82, 2.24) is 20.0 Å². The van der Waals surface area contributed by atoms with Gasteiger partial charge in [0.1, 0.15) is 12.4 Å². The van der Waals surface area contributed by atoms with Crippen molar-refractivity contribution >= 4 is 29.2 Å². The fraction of sp³-hybridized carbons (Fsp3) is 0.379. The van der Waals surface area contributed by atoms with Crippen LogP contribution >= 0.6 is 11.6 Å². The minimum Gasteiger partial charge on any atom is -0.353 e. The number of benzene rings is 2. The van der Waals surface area contributed by atoms with Crippen molar-refractivity contribution < 1.29 is 14.0 Å². The lowest BCUT2D eigenvalue weighted by atomic mass is 10.1. The zero-order valence-corrected chi connectivity index (χ0v) is 22.6. The van der Waals surface area contributed by atoms with Gasteiger partial charge in [-0.05, 0) is 79.4 Å². The Labute approximate surface area is 228 Å². The van der Waals surface area contributed by atoms with Crippen LogP contribution in [0.3, 0.4) is 0 Å². The van der Waals surface area contributed by atoms with Crippen molar-refractivity contribution in [2.75, 3.05) is 44.2 Å². The summed E-state index contributed by atoms with van der Waals surface area (Å²) in [5.41, 5.74) is 2.00. The van der Waals surface area contributed by atoms with Gasteiger partial charge in [-0.1, -0.05) is 25.4 Å². The van der Waals surface area contributed by atoms with Gasteiger partial charge in [0.2, 0.25) is 5.91 Å². The summed E-state index contributed by atoms with van der Waals surface area (Å²) in [7, 11) is 0. The third kappa shape index (κ3) is 7.28. The van der Waals surface area contributed by atoms with Crippen LogP contribution in [0.25, 0.3) is 11.3 Å². The monoisotopic (exact) mass is 537 g/mol. The molecule has 2 heterocycles. The SMILES string of the molecule is CC(C)CCN(CC(=O)N1CCCN(c2ccc(-c3ccc(F)cc3)nn2)CC1)C(=O)c1ccc(Cl)cc1. The van der Waals surface area contributed by atoms with Crippen LogP contribution in [0.4, 0.5) is 10.2 Å². The van der Waals surface area contributed by atoms with Crippen LogP contribution in [0, 0.1) is 11.7 Å². The first-order valence-corrected chi connectivity index (χ1v) is 13.3. The number of rotatable bonds is 8. The van der Waals surface area contributed by atoms with Crippen molar-refractivity contribution in [2.24, 2.45) is 5.92 Å². The van der Waals surface area contributed by atoms with E-state index in [0.29, 0.717) is 48.4 Å². The summed E-state index contributed by atoms with van der Waals surface area (Å²) in [6, 6.07) is 16.7. The fourth-order valence-corrected chi connectivity index (χ4v) is 4.50. The second-order valence-electron chi connectivity index (χ2n) is 9.92. The molecular weight excluding hydrogens is 505 g/mol. The van der Waals surface area contributed by atoms with Crippen LogP contribution < -0.4 is 4.90 Å². The highest BCUT2D eigenvalue weighted by atomic mass is 35.5. The Morgan fingerprint density at radius 2 is 1.68 bits per heavy atom. The van der Waals surface area contributed by atoms with Gasteiger partial charge >= 0.3 is 0 Å². The highest BCUT2D eigenvalue weighted by Gasteiger charge is 2.25. The van der Waals surface area contributed by atoms with Crippen LogP contribution in [0.5, 0.6) is 0 Å². The second kappa shape index (κ2) is 12.8. The molecule has 38 heavy (non-hydrogen) atoms. The maximum absolute atomic E-state index is 13.3. The highest BCUT2D eigenvalue weighted by molar-refractivity contribution is 6.30. The molecule has 0 atom stereocenters. The van der Waals surface area contributed by atoms with Gasteiger partial charge in [-0.25, -0.2) is 4.39 Å². The van der Waals surface area contributed by atoms with Crippen molar-refractivity contribution in [1.29, 1.82) is 0 Å². The van der Waals surface area contributed by atoms with Gasteiger partial charge in [0.25, 0.3) is 5.91 Å². The van der Waals surface area contributed by atoms with Crippen molar-refractivity contribution in [3.8, 4) is 11.3 Å². The standard InChI is InChI=1S/C29H33ClFN5O2/c1-21(2)14-17-36(29(38)23-4-8-24(30)9-5-23)20-28(37)35-16-3-15-34(18-19-35)27-13-12-26(32-33-27)22-6-10-25(31)11-7-22/h4-13,21H,3,14-20H2,1-2H3. The van der Waals surface area contributed by atoms with Gasteiger partial charge in [-0.3, -0.25) is 9.59 Å². The smallest absolute Gasteiger partial charge is 0.254 e. The number of nitrogens with zero attached hydrogens (tertiary/aromatic N) is 5. The van der Waals surface area contributed by atoms with Gasteiger partial charge in [-0.2, -0.15) is 0 Å². The minimum absolute atomic E-state index is 0.0420. The number of anilines is 1. The zero-order chi connectivity index (χ0) is 27.1. The number of aromatic nitrogens is 2. The van der Waals surface area contributed by atoms with E-state index in [1.165, 1.54) is 12.1 Å². The molecule has 0 saturated carbocycles. The molecule has 2 aromatic carbocycles. The molecule has 200 valence electrons. The first-order chi connectivity index (χ1) is 18.3. The Kier molecular flexibility index (Phi) is 9.29. The van der Waals surface area contributed by atoms with Gasteiger partial charge in [0.15, 0.2) is 5.82 Å². The summed E-state index contributed by atoms with van der Waals surface area (Å²) >= 11 is 5.99. The normalized spacial score (nSPS) is 13.9.